The Morgan fingerprint density at radius 2 is 1.65 bits per heavy atom. The predicted molar refractivity (Wildman–Crippen MR) is 98.6 cm³/mol. The molecule has 1 fully saturated rings. The molecule has 0 spiro atoms. The Bertz CT molecular complexity index is 859. The van der Waals surface area contributed by atoms with Crippen molar-refractivity contribution >= 4 is 23.5 Å². The molecule has 0 saturated carbocycles. The summed E-state index contributed by atoms with van der Waals surface area (Å²) in [5.74, 6) is -0.853. The first-order chi connectivity index (χ1) is 12.3. The van der Waals surface area contributed by atoms with E-state index in [0.717, 1.165) is 16.0 Å². The molecule has 1 aliphatic heterocycles. The van der Waals surface area contributed by atoms with Gasteiger partial charge in [0.2, 0.25) is 5.91 Å². The molecule has 3 rings (SSSR count). The van der Waals surface area contributed by atoms with Crippen LogP contribution in [0.15, 0.2) is 48.5 Å². The van der Waals surface area contributed by atoms with Crippen molar-refractivity contribution in [2.24, 2.45) is 0 Å². The molecule has 1 saturated heterocycles. The summed E-state index contributed by atoms with van der Waals surface area (Å²) in [6.45, 7) is 5.10. The second-order valence-corrected chi connectivity index (χ2v) is 6.63. The van der Waals surface area contributed by atoms with Crippen LogP contribution in [0.5, 0.6) is 0 Å². The first kappa shape index (κ1) is 17.7. The maximum atomic E-state index is 12.8. The maximum absolute atomic E-state index is 12.8. The fourth-order valence-electron chi connectivity index (χ4n) is 3.14. The summed E-state index contributed by atoms with van der Waals surface area (Å²) in [5, 5.41) is 5.50. The van der Waals surface area contributed by atoms with Crippen molar-refractivity contribution in [1.29, 1.82) is 0 Å². The van der Waals surface area contributed by atoms with Crippen LogP contribution in [0, 0.1) is 13.8 Å². The molecular formula is C20H21N3O3. The van der Waals surface area contributed by atoms with E-state index in [1.165, 1.54) is 0 Å². The first-order valence-corrected chi connectivity index (χ1v) is 8.38. The number of benzene rings is 2. The van der Waals surface area contributed by atoms with Gasteiger partial charge in [-0.3, -0.25) is 14.5 Å². The van der Waals surface area contributed by atoms with E-state index < -0.39 is 23.4 Å². The van der Waals surface area contributed by atoms with Crippen LogP contribution < -0.4 is 10.6 Å². The van der Waals surface area contributed by atoms with Gasteiger partial charge in [-0.25, -0.2) is 4.79 Å². The molecular weight excluding hydrogens is 330 g/mol. The number of para-hydroxylation sites is 1. The Balaban J connectivity index is 1.77. The summed E-state index contributed by atoms with van der Waals surface area (Å²) in [6.07, 6.45) is 0. The van der Waals surface area contributed by atoms with Crippen LogP contribution in [0.2, 0.25) is 0 Å². The van der Waals surface area contributed by atoms with Crippen molar-refractivity contribution in [2.75, 3.05) is 11.9 Å². The average Bonchev–Trinajstić information content (AvgIpc) is 2.83. The second kappa shape index (κ2) is 6.63. The van der Waals surface area contributed by atoms with Crippen LogP contribution in [0.1, 0.15) is 23.6 Å². The Hall–Kier alpha value is -3.15. The van der Waals surface area contributed by atoms with Crippen molar-refractivity contribution in [3.63, 3.8) is 0 Å². The van der Waals surface area contributed by atoms with Gasteiger partial charge in [0.05, 0.1) is 0 Å². The number of rotatable bonds is 4. The normalized spacial score (nSPS) is 19.4. The number of urea groups is 1. The second-order valence-electron chi connectivity index (χ2n) is 6.63. The monoisotopic (exact) mass is 351 g/mol. The van der Waals surface area contributed by atoms with Gasteiger partial charge >= 0.3 is 6.03 Å². The van der Waals surface area contributed by atoms with Crippen LogP contribution >= 0.6 is 0 Å². The summed E-state index contributed by atoms with van der Waals surface area (Å²) in [4.78, 5) is 38.5. The third kappa shape index (κ3) is 3.06. The minimum atomic E-state index is -1.17. The van der Waals surface area contributed by atoms with Gasteiger partial charge in [0.15, 0.2) is 0 Å². The highest BCUT2D eigenvalue weighted by molar-refractivity contribution is 6.10. The molecule has 4 amide bonds. The molecule has 6 heteroatoms. The molecule has 134 valence electrons. The standard InChI is InChI=1S/C20H21N3O3/c1-13-8-7-9-14(2)17(13)21-16(24)12-23-18(25)20(3,22-19(23)26)15-10-5-4-6-11-15/h4-11H,12H2,1-3H3,(H,21,24)(H,22,26)/t20-/m1/s1. The lowest BCUT2D eigenvalue weighted by atomic mass is 9.92. The quantitative estimate of drug-likeness (QED) is 0.832. The fourth-order valence-corrected chi connectivity index (χ4v) is 3.14. The van der Waals surface area contributed by atoms with E-state index in [4.69, 9.17) is 0 Å². The molecule has 26 heavy (non-hydrogen) atoms. The molecule has 2 aromatic carbocycles. The lowest BCUT2D eigenvalue weighted by Crippen LogP contribution is -2.42. The molecule has 0 unspecified atom stereocenters. The molecule has 6 nitrogen and oxygen atoms in total. The van der Waals surface area contributed by atoms with E-state index in [9.17, 15) is 14.4 Å². The van der Waals surface area contributed by atoms with E-state index in [1.807, 2.05) is 38.1 Å². The molecule has 1 heterocycles. The van der Waals surface area contributed by atoms with Gasteiger partial charge in [-0.15, -0.1) is 0 Å². The van der Waals surface area contributed by atoms with Gasteiger partial charge in [-0.2, -0.15) is 0 Å². The van der Waals surface area contributed by atoms with Gasteiger partial charge in [0.1, 0.15) is 12.1 Å². The van der Waals surface area contributed by atoms with E-state index in [1.54, 1.807) is 31.2 Å². The van der Waals surface area contributed by atoms with Crippen LogP contribution in [0.25, 0.3) is 0 Å². The summed E-state index contributed by atoms with van der Waals surface area (Å²) in [6, 6.07) is 14.1. The largest absolute Gasteiger partial charge is 0.325 e. The third-order valence-corrected chi connectivity index (χ3v) is 4.67. The summed E-state index contributed by atoms with van der Waals surface area (Å²) in [7, 11) is 0. The number of anilines is 1. The molecule has 0 bridgehead atoms. The van der Waals surface area contributed by atoms with Crippen LogP contribution in [0.3, 0.4) is 0 Å². The average molecular weight is 351 g/mol. The zero-order valence-corrected chi connectivity index (χ0v) is 15.0. The Morgan fingerprint density at radius 3 is 2.27 bits per heavy atom. The SMILES string of the molecule is Cc1cccc(C)c1NC(=O)CN1C(=O)N[C@](C)(c2ccccc2)C1=O. The summed E-state index contributed by atoms with van der Waals surface area (Å²) < 4.78 is 0. The van der Waals surface area contributed by atoms with E-state index in [0.29, 0.717) is 11.3 Å². The molecule has 0 radical (unpaired) electrons. The number of hydrogen-bond donors (Lipinski definition) is 2. The lowest BCUT2D eigenvalue weighted by Gasteiger charge is -2.22. The number of nitrogens with zero attached hydrogens (tertiary/aromatic N) is 1. The smallest absolute Gasteiger partial charge is 0.324 e. The Morgan fingerprint density at radius 1 is 1.04 bits per heavy atom. The maximum Gasteiger partial charge on any atom is 0.325 e. The zero-order valence-electron chi connectivity index (χ0n) is 15.0. The first-order valence-electron chi connectivity index (χ1n) is 8.38. The molecule has 0 aliphatic carbocycles. The Labute approximate surface area is 152 Å². The number of carbonyl (C=O) groups excluding carboxylic acids is 3. The Kier molecular flexibility index (Phi) is 4.50. The minimum absolute atomic E-state index is 0.332. The molecule has 1 aliphatic rings. The van der Waals surface area contributed by atoms with Gasteiger partial charge in [-0.1, -0.05) is 48.5 Å². The van der Waals surface area contributed by atoms with Crippen molar-refractivity contribution in [3.8, 4) is 0 Å². The number of carbonyl (C=O) groups is 3. The third-order valence-electron chi connectivity index (χ3n) is 4.67. The number of aryl methyl sites for hydroxylation is 2. The van der Waals surface area contributed by atoms with Gasteiger partial charge in [0.25, 0.3) is 5.91 Å². The lowest BCUT2D eigenvalue weighted by molar-refractivity contribution is -0.133. The van der Waals surface area contributed by atoms with Gasteiger partial charge in [0, 0.05) is 5.69 Å². The highest BCUT2D eigenvalue weighted by atomic mass is 16.2. The molecule has 1 atom stereocenters. The van der Waals surface area contributed by atoms with Crippen molar-refractivity contribution in [3.05, 3.63) is 65.2 Å². The zero-order chi connectivity index (χ0) is 18.9. The number of amides is 4. The number of nitrogens with one attached hydrogen (secondary N) is 2. The number of hydrogen-bond acceptors (Lipinski definition) is 3. The summed E-state index contributed by atoms with van der Waals surface area (Å²) in [5.41, 5.74) is 2.05. The van der Waals surface area contributed by atoms with Gasteiger partial charge in [-0.05, 0) is 37.5 Å². The highest BCUT2D eigenvalue weighted by Crippen LogP contribution is 2.28. The van der Waals surface area contributed by atoms with Crippen molar-refractivity contribution in [1.82, 2.24) is 10.2 Å². The van der Waals surface area contributed by atoms with E-state index in [2.05, 4.69) is 10.6 Å². The highest BCUT2D eigenvalue weighted by Gasteiger charge is 2.49. The van der Waals surface area contributed by atoms with Crippen LogP contribution in [-0.2, 0) is 15.1 Å². The fraction of sp³-hybridized carbons (Fsp3) is 0.250. The molecule has 0 aromatic heterocycles. The molecule has 2 aromatic rings. The summed E-state index contributed by atoms with van der Waals surface area (Å²) >= 11 is 0. The van der Waals surface area contributed by atoms with Gasteiger partial charge < -0.3 is 10.6 Å². The number of imide groups is 1. The van der Waals surface area contributed by atoms with Crippen LogP contribution in [-0.4, -0.2) is 29.3 Å². The van der Waals surface area contributed by atoms with Crippen LogP contribution in [0.4, 0.5) is 10.5 Å². The molecule has 2 N–H and O–H groups in total. The minimum Gasteiger partial charge on any atom is -0.324 e. The predicted octanol–water partition coefficient (Wildman–Crippen LogP) is 2.71. The van der Waals surface area contributed by atoms with E-state index in [-0.39, 0.29) is 6.54 Å². The topological polar surface area (TPSA) is 78.5 Å². The van der Waals surface area contributed by atoms with Crippen molar-refractivity contribution in [2.45, 2.75) is 26.3 Å². The van der Waals surface area contributed by atoms with E-state index >= 15 is 0 Å². The van der Waals surface area contributed by atoms with Crippen molar-refractivity contribution < 1.29 is 14.4 Å².